The third-order valence-electron chi connectivity index (χ3n) is 2.83. The van der Waals surface area contributed by atoms with Gasteiger partial charge < -0.3 is 0 Å². The summed E-state index contributed by atoms with van der Waals surface area (Å²) in [6.45, 7) is 5.84. The summed E-state index contributed by atoms with van der Waals surface area (Å²) in [5.41, 5.74) is 2.11. The summed E-state index contributed by atoms with van der Waals surface area (Å²) < 4.78 is 13.1. The molecule has 0 spiro atoms. The molecule has 0 aliphatic carbocycles. The van der Waals surface area contributed by atoms with Gasteiger partial charge in [0.05, 0.1) is 0 Å². The second-order valence-corrected chi connectivity index (χ2v) is 4.39. The minimum atomic E-state index is -0.218. The van der Waals surface area contributed by atoms with Gasteiger partial charge in [-0.2, -0.15) is 0 Å². The molecule has 88 valence electrons. The largest absolute Gasteiger partial charge is 0.299 e. The maximum Gasteiger partial charge on any atom is 0.135 e. The van der Waals surface area contributed by atoms with E-state index in [1.54, 1.807) is 6.07 Å². The first-order chi connectivity index (χ1) is 7.54. The molecule has 1 nitrogen and oxygen atoms in total. The van der Waals surface area contributed by atoms with E-state index in [1.165, 1.54) is 6.07 Å². The molecule has 0 saturated heterocycles. The van der Waals surface area contributed by atoms with Crippen LogP contribution in [0, 0.1) is 11.7 Å². The van der Waals surface area contributed by atoms with Gasteiger partial charge in [0.15, 0.2) is 0 Å². The second kappa shape index (κ2) is 5.78. The molecule has 2 heteroatoms. The van der Waals surface area contributed by atoms with Gasteiger partial charge in [0.2, 0.25) is 0 Å². The van der Waals surface area contributed by atoms with Crippen LogP contribution in [-0.2, 0) is 17.6 Å². The highest BCUT2D eigenvalue weighted by atomic mass is 19.1. The number of aryl methyl sites for hydroxylation is 2. The van der Waals surface area contributed by atoms with Crippen LogP contribution in [0.5, 0.6) is 0 Å². The van der Waals surface area contributed by atoms with Crippen LogP contribution < -0.4 is 0 Å². The van der Waals surface area contributed by atoms with Gasteiger partial charge in [-0.3, -0.25) is 4.79 Å². The number of carbonyl (C=O) groups excluding carboxylic acids is 1. The predicted octanol–water partition coefficient (Wildman–Crippen LogP) is 3.55. The van der Waals surface area contributed by atoms with Gasteiger partial charge in [-0.15, -0.1) is 0 Å². The zero-order valence-corrected chi connectivity index (χ0v) is 10.2. The molecular formula is C14H19FO. The summed E-state index contributed by atoms with van der Waals surface area (Å²) in [7, 11) is 0. The van der Waals surface area contributed by atoms with Crippen LogP contribution in [0.1, 0.15) is 38.3 Å². The number of Topliss-reactive ketones (excluding diaryl/α,β-unsaturated/α-hetero) is 1. The van der Waals surface area contributed by atoms with E-state index in [2.05, 4.69) is 0 Å². The zero-order valence-electron chi connectivity index (χ0n) is 10.2. The highest BCUT2D eigenvalue weighted by molar-refractivity contribution is 5.80. The van der Waals surface area contributed by atoms with Crippen molar-refractivity contribution in [2.24, 2.45) is 5.92 Å². The number of halogens is 1. The fourth-order valence-corrected chi connectivity index (χ4v) is 1.72. The monoisotopic (exact) mass is 222 g/mol. The van der Waals surface area contributed by atoms with Crippen LogP contribution in [0.4, 0.5) is 4.39 Å². The maximum atomic E-state index is 13.1. The quantitative estimate of drug-likeness (QED) is 0.744. The molecule has 0 aromatic heterocycles. The Kier molecular flexibility index (Phi) is 4.66. The molecule has 0 saturated carbocycles. The highest BCUT2D eigenvalue weighted by Crippen LogP contribution is 2.15. The second-order valence-electron chi connectivity index (χ2n) is 4.39. The van der Waals surface area contributed by atoms with Gasteiger partial charge in [0.25, 0.3) is 0 Å². The van der Waals surface area contributed by atoms with Gasteiger partial charge in [0.1, 0.15) is 11.6 Å². The summed E-state index contributed by atoms with van der Waals surface area (Å²) in [5, 5.41) is 0. The average Bonchev–Trinajstić information content (AvgIpc) is 2.25. The molecule has 0 N–H and O–H groups in total. The average molecular weight is 222 g/mol. The Bertz CT molecular complexity index is 369. The summed E-state index contributed by atoms with van der Waals surface area (Å²) in [6, 6.07) is 4.84. The van der Waals surface area contributed by atoms with Gasteiger partial charge in [-0.25, -0.2) is 4.39 Å². The van der Waals surface area contributed by atoms with Gasteiger partial charge in [-0.1, -0.05) is 26.8 Å². The van der Waals surface area contributed by atoms with Crippen molar-refractivity contribution in [1.82, 2.24) is 0 Å². The standard InChI is InChI=1S/C14H19FO/c1-4-11-5-7-13(15)9-12(11)6-8-14(16)10(2)3/h5,7,9-10H,4,6,8H2,1-3H3. The fourth-order valence-electron chi connectivity index (χ4n) is 1.72. The fraction of sp³-hybridized carbons (Fsp3) is 0.500. The lowest BCUT2D eigenvalue weighted by Crippen LogP contribution is -2.08. The molecule has 0 aliphatic rings. The summed E-state index contributed by atoms with van der Waals surface area (Å²) in [5.74, 6) is 0.0918. The lowest BCUT2D eigenvalue weighted by molar-refractivity contribution is -0.121. The van der Waals surface area contributed by atoms with E-state index in [0.717, 1.165) is 17.5 Å². The third kappa shape index (κ3) is 3.44. The van der Waals surface area contributed by atoms with Crippen molar-refractivity contribution in [1.29, 1.82) is 0 Å². The maximum absolute atomic E-state index is 13.1. The molecule has 0 heterocycles. The number of ketones is 1. The van der Waals surface area contributed by atoms with Crippen LogP contribution >= 0.6 is 0 Å². The Morgan fingerprint density at radius 2 is 2.00 bits per heavy atom. The number of rotatable bonds is 5. The van der Waals surface area contributed by atoms with Crippen molar-refractivity contribution in [2.75, 3.05) is 0 Å². The molecule has 16 heavy (non-hydrogen) atoms. The first kappa shape index (κ1) is 12.9. The number of hydrogen-bond acceptors (Lipinski definition) is 1. The lowest BCUT2D eigenvalue weighted by atomic mass is 9.97. The summed E-state index contributed by atoms with van der Waals surface area (Å²) in [6.07, 6.45) is 2.04. The van der Waals surface area contributed by atoms with Crippen LogP contribution in [0.2, 0.25) is 0 Å². The Balaban J connectivity index is 2.72. The molecule has 0 atom stereocenters. The SMILES string of the molecule is CCc1ccc(F)cc1CCC(=O)C(C)C. The Hall–Kier alpha value is -1.18. The van der Waals surface area contributed by atoms with E-state index in [-0.39, 0.29) is 17.5 Å². The topological polar surface area (TPSA) is 17.1 Å². The Morgan fingerprint density at radius 3 is 2.56 bits per heavy atom. The van der Waals surface area contributed by atoms with Crippen LogP contribution in [-0.4, -0.2) is 5.78 Å². The molecule has 0 fully saturated rings. The van der Waals surface area contributed by atoms with Crippen LogP contribution in [0.3, 0.4) is 0 Å². The molecule has 0 unspecified atom stereocenters. The van der Waals surface area contributed by atoms with E-state index in [1.807, 2.05) is 26.8 Å². The van der Waals surface area contributed by atoms with Gasteiger partial charge in [0, 0.05) is 12.3 Å². The van der Waals surface area contributed by atoms with E-state index in [4.69, 9.17) is 0 Å². The third-order valence-corrected chi connectivity index (χ3v) is 2.83. The molecule has 0 radical (unpaired) electrons. The van der Waals surface area contributed by atoms with Gasteiger partial charge >= 0.3 is 0 Å². The predicted molar refractivity (Wildman–Crippen MR) is 63.9 cm³/mol. The summed E-state index contributed by atoms with van der Waals surface area (Å²) in [4.78, 5) is 11.5. The van der Waals surface area contributed by atoms with E-state index < -0.39 is 0 Å². The Morgan fingerprint density at radius 1 is 1.31 bits per heavy atom. The lowest BCUT2D eigenvalue weighted by Gasteiger charge is -2.08. The Labute approximate surface area is 96.7 Å². The zero-order chi connectivity index (χ0) is 12.1. The highest BCUT2D eigenvalue weighted by Gasteiger charge is 2.09. The van der Waals surface area contributed by atoms with Crippen molar-refractivity contribution in [3.8, 4) is 0 Å². The number of carbonyl (C=O) groups is 1. The summed E-state index contributed by atoms with van der Waals surface area (Å²) >= 11 is 0. The normalized spacial score (nSPS) is 10.8. The van der Waals surface area contributed by atoms with Crippen LogP contribution in [0.15, 0.2) is 18.2 Å². The molecule has 1 aromatic carbocycles. The van der Waals surface area contributed by atoms with Crippen molar-refractivity contribution >= 4 is 5.78 Å². The first-order valence-corrected chi connectivity index (χ1v) is 5.84. The van der Waals surface area contributed by atoms with Crippen molar-refractivity contribution in [2.45, 2.75) is 40.0 Å². The molecular weight excluding hydrogens is 203 g/mol. The molecule has 1 aromatic rings. The van der Waals surface area contributed by atoms with Gasteiger partial charge in [-0.05, 0) is 36.1 Å². The molecule has 0 bridgehead atoms. The van der Waals surface area contributed by atoms with E-state index in [0.29, 0.717) is 12.8 Å². The van der Waals surface area contributed by atoms with E-state index in [9.17, 15) is 9.18 Å². The minimum absolute atomic E-state index is 0.0682. The van der Waals surface area contributed by atoms with Crippen molar-refractivity contribution in [3.63, 3.8) is 0 Å². The first-order valence-electron chi connectivity index (χ1n) is 5.84. The minimum Gasteiger partial charge on any atom is -0.299 e. The molecule has 0 aliphatic heterocycles. The van der Waals surface area contributed by atoms with Crippen molar-refractivity contribution in [3.05, 3.63) is 35.1 Å². The van der Waals surface area contributed by atoms with E-state index >= 15 is 0 Å². The molecule has 1 rings (SSSR count). The number of hydrogen-bond donors (Lipinski definition) is 0. The van der Waals surface area contributed by atoms with Crippen molar-refractivity contribution < 1.29 is 9.18 Å². The molecule has 0 amide bonds. The number of benzene rings is 1. The smallest absolute Gasteiger partial charge is 0.135 e. The van der Waals surface area contributed by atoms with Crippen LogP contribution in [0.25, 0.3) is 0 Å².